The van der Waals surface area contributed by atoms with E-state index in [0.717, 1.165) is 17.5 Å². The van der Waals surface area contributed by atoms with E-state index in [9.17, 15) is 32.3 Å². The Kier molecular flexibility index (Phi) is 11.2. The summed E-state index contributed by atoms with van der Waals surface area (Å²) in [5.41, 5.74) is 16.0. The Morgan fingerprint density at radius 2 is 1.68 bits per heavy atom. The van der Waals surface area contributed by atoms with Crippen LogP contribution in [0, 0.1) is 5.92 Å². The van der Waals surface area contributed by atoms with E-state index in [-0.39, 0.29) is 45.6 Å². The summed E-state index contributed by atoms with van der Waals surface area (Å²) in [6, 6.07) is 12.4. The summed E-state index contributed by atoms with van der Waals surface area (Å²) >= 11 is 0. The number of halogens is 3. The number of nitrogens with one attached hydrogen (secondary N) is 3. The van der Waals surface area contributed by atoms with E-state index < -0.39 is 58.8 Å². The minimum Gasteiger partial charge on any atom is -0.354 e. The summed E-state index contributed by atoms with van der Waals surface area (Å²) in [5.74, 6) is -4.16. The lowest BCUT2D eigenvalue weighted by atomic mass is 9.99. The molecule has 2 unspecified atom stereocenters. The molecule has 0 bridgehead atoms. The van der Waals surface area contributed by atoms with Crippen LogP contribution in [0.5, 0.6) is 0 Å². The smallest absolute Gasteiger partial charge is 0.354 e. The van der Waals surface area contributed by atoms with Crippen molar-refractivity contribution < 1.29 is 32.3 Å². The highest BCUT2D eigenvalue weighted by Gasteiger charge is 2.62. The van der Waals surface area contributed by atoms with Gasteiger partial charge in [-0.3, -0.25) is 24.2 Å². The first kappa shape index (κ1) is 35.3. The molecule has 1 fully saturated rings. The Morgan fingerprint density at radius 3 is 2.30 bits per heavy atom. The first-order chi connectivity index (χ1) is 22.3. The van der Waals surface area contributed by atoms with Crippen LogP contribution in [-0.2, 0) is 25.4 Å². The van der Waals surface area contributed by atoms with E-state index in [1.54, 1.807) is 12.1 Å². The van der Waals surface area contributed by atoms with E-state index in [1.807, 2.05) is 18.2 Å². The van der Waals surface area contributed by atoms with E-state index in [1.165, 1.54) is 30.2 Å². The highest BCUT2D eigenvalue weighted by molar-refractivity contribution is 6.05. The van der Waals surface area contributed by atoms with E-state index in [2.05, 4.69) is 20.9 Å². The molecule has 15 heteroatoms. The van der Waals surface area contributed by atoms with Gasteiger partial charge in [0.15, 0.2) is 0 Å². The Hall–Kier alpha value is -4.60. The van der Waals surface area contributed by atoms with Gasteiger partial charge >= 0.3 is 6.18 Å². The van der Waals surface area contributed by atoms with Gasteiger partial charge in [-0.2, -0.15) is 13.2 Å². The molecule has 0 spiro atoms. The molecule has 252 valence electrons. The van der Waals surface area contributed by atoms with Crippen molar-refractivity contribution >= 4 is 40.2 Å². The first-order valence-corrected chi connectivity index (χ1v) is 15.2. The average Bonchev–Trinajstić information content (AvgIpc) is 3.77. The van der Waals surface area contributed by atoms with Crippen molar-refractivity contribution in [3.05, 3.63) is 71.9 Å². The van der Waals surface area contributed by atoms with Crippen molar-refractivity contribution in [2.45, 2.75) is 43.4 Å². The summed E-state index contributed by atoms with van der Waals surface area (Å²) in [4.78, 5) is 59.1. The number of hydrogen-bond acceptors (Lipinski definition) is 8. The molecule has 3 aromatic rings. The Morgan fingerprint density at radius 1 is 1.02 bits per heavy atom. The number of aromatic nitrogens is 1. The van der Waals surface area contributed by atoms with Crippen LogP contribution >= 0.6 is 0 Å². The van der Waals surface area contributed by atoms with E-state index in [0.29, 0.717) is 16.8 Å². The van der Waals surface area contributed by atoms with Gasteiger partial charge in [-0.25, -0.2) is 0 Å². The van der Waals surface area contributed by atoms with Crippen LogP contribution in [0.1, 0.15) is 36.8 Å². The molecule has 4 atom stereocenters. The number of carbonyl (C=O) groups excluding carboxylic acids is 4. The molecule has 4 rings (SSSR count). The highest BCUT2D eigenvalue weighted by atomic mass is 19.4. The Bertz CT molecular complexity index is 1600. The summed E-state index contributed by atoms with van der Waals surface area (Å²) in [7, 11) is 0. The van der Waals surface area contributed by atoms with Gasteiger partial charge in [0.25, 0.3) is 5.91 Å². The van der Waals surface area contributed by atoms with Gasteiger partial charge in [0.05, 0.1) is 34.9 Å². The third-order valence-electron chi connectivity index (χ3n) is 8.08. The lowest BCUT2D eigenvalue weighted by Crippen LogP contribution is -2.52. The number of carbonyl (C=O) groups is 4. The van der Waals surface area contributed by atoms with Gasteiger partial charge in [0.2, 0.25) is 17.7 Å². The molecule has 2 aromatic carbocycles. The zero-order valence-corrected chi connectivity index (χ0v) is 25.8. The van der Waals surface area contributed by atoms with Crippen molar-refractivity contribution in [3.63, 3.8) is 0 Å². The maximum absolute atomic E-state index is 13.9. The minimum absolute atomic E-state index is 0.0658. The summed E-state index contributed by atoms with van der Waals surface area (Å²) in [6.45, 7) is 1.89. The van der Waals surface area contributed by atoms with Crippen molar-refractivity contribution in [1.29, 1.82) is 0 Å². The predicted molar refractivity (Wildman–Crippen MR) is 170 cm³/mol. The zero-order chi connectivity index (χ0) is 34.4. The third-order valence-corrected chi connectivity index (χ3v) is 8.08. The molecule has 1 heterocycles. The van der Waals surface area contributed by atoms with Gasteiger partial charge in [0, 0.05) is 50.4 Å². The normalized spacial score (nSPS) is 18.6. The van der Waals surface area contributed by atoms with Crippen molar-refractivity contribution in [2.24, 2.45) is 23.1 Å². The SMILES string of the molecule is C[C@@H](N)C(=O)NC[C@@H](CC(=O)N(CCN)CCN)C(=O)NC1(C(=O)Nc2cnc3ccccc3c2)CC1c1ccc(C(F)(F)F)cc1. The molecule has 0 saturated heterocycles. The fourth-order valence-electron chi connectivity index (χ4n) is 5.37. The fourth-order valence-corrected chi connectivity index (χ4v) is 5.37. The van der Waals surface area contributed by atoms with Gasteiger partial charge in [-0.1, -0.05) is 30.3 Å². The topological polar surface area (TPSA) is 199 Å². The second-order valence-electron chi connectivity index (χ2n) is 11.6. The number of amides is 4. The van der Waals surface area contributed by atoms with Crippen LogP contribution in [-0.4, -0.2) is 77.8 Å². The van der Waals surface area contributed by atoms with Gasteiger partial charge in [-0.15, -0.1) is 0 Å². The molecule has 12 nitrogen and oxygen atoms in total. The minimum atomic E-state index is -4.55. The predicted octanol–water partition coefficient (Wildman–Crippen LogP) is 1.45. The van der Waals surface area contributed by atoms with Crippen LogP contribution in [0.2, 0.25) is 0 Å². The average molecular weight is 657 g/mol. The lowest BCUT2D eigenvalue weighted by molar-refractivity contribution is -0.137. The van der Waals surface area contributed by atoms with Crippen LogP contribution < -0.4 is 33.2 Å². The molecule has 1 saturated carbocycles. The molecule has 0 aliphatic heterocycles. The van der Waals surface area contributed by atoms with E-state index >= 15 is 0 Å². The molecule has 1 aromatic heterocycles. The van der Waals surface area contributed by atoms with Gasteiger partial charge < -0.3 is 38.1 Å². The number of anilines is 1. The number of para-hydroxylation sites is 1. The van der Waals surface area contributed by atoms with Crippen molar-refractivity contribution in [3.8, 4) is 0 Å². The lowest BCUT2D eigenvalue weighted by Gasteiger charge is -2.26. The molecular weight excluding hydrogens is 617 g/mol. The maximum Gasteiger partial charge on any atom is 0.416 e. The maximum atomic E-state index is 13.9. The standard InChI is InChI=1S/C32H39F3N8O4/c1-19(38)28(45)40-17-22(15-27(44)43(12-10-36)13-11-37)29(46)42-31(16-25(31)20-6-8-23(9-7-20)32(33,34)35)30(47)41-24-14-21-4-2-3-5-26(21)39-18-24/h2-9,14,18-19,22,25H,10-13,15-17,36-38H2,1H3,(H,40,45)(H,41,47)(H,42,46)/t19-,22-,25?,31?/m1/s1. The number of nitrogens with zero attached hydrogens (tertiary/aromatic N) is 2. The number of nitrogens with two attached hydrogens (primary N) is 3. The van der Waals surface area contributed by atoms with Crippen LogP contribution in [0.4, 0.5) is 18.9 Å². The monoisotopic (exact) mass is 656 g/mol. The van der Waals surface area contributed by atoms with Gasteiger partial charge in [-0.05, 0) is 43.2 Å². The quantitative estimate of drug-likeness (QED) is 0.150. The van der Waals surface area contributed by atoms with Gasteiger partial charge in [0.1, 0.15) is 5.54 Å². The fraction of sp³-hybridized carbons (Fsp3) is 0.406. The largest absolute Gasteiger partial charge is 0.416 e. The molecule has 9 N–H and O–H groups in total. The van der Waals surface area contributed by atoms with Crippen LogP contribution in [0.15, 0.2) is 60.8 Å². The first-order valence-electron chi connectivity index (χ1n) is 15.2. The summed E-state index contributed by atoms with van der Waals surface area (Å²) in [5, 5.41) is 8.89. The zero-order valence-electron chi connectivity index (χ0n) is 25.8. The Balaban J connectivity index is 1.63. The summed E-state index contributed by atoms with van der Waals surface area (Å²) < 4.78 is 39.8. The van der Waals surface area contributed by atoms with Crippen LogP contribution in [0.25, 0.3) is 10.9 Å². The second kappa shape index (κ2) is 14.9. The van der Waals surface area contributed by atoms with E-state index in [4.69, 9.17) is 17.2 Å². The number of benzene rings is 2. The number of hydrogen-bond donors (Lipinski definition) is 6. The highest BCUT2D eigenvalue weighted by Crippen LogP contribution is 2.52. The molecule has 1 aliphatic carbocycles. The van der Waals surface area contributed by atoms with Crippen molar-refractivity contribution in [1.82, 2.24) is 20.5 Å². The Labute approximate surface area is 269 Å². The molecule has 4 amide bonds. The number of alkyl halides is 3. The number of rotatable bonds is 14. The van der Waals surface area contributed by atoms with Crippen molar-refractivity contribution in [2.75, 3.05) is 38.0 Å². The molecule has 1 aliphatic rings. The molecule has 0 radical (unpaired) electrons. The summed E-state index contributed by atoms with van der Waals surface area (Å²) in [6.07, 6.45) is -3.38. The second-order valence-corrected chi connectivity index (χ2v) is 11.6. The third kappa shape index (κ3) is 8.61. The molecule has 47 heavy (non-hydrogen) atoms. The van der Waals surface area contributed by atoms with Crippen LogP contribution in [0.3, 0.4) is 0 Å². The molecular formula is C32H39F3N8O4. The number of fused-ring (bicyclic) bond motifs is 1. The number of pyridine rings is 1.